The first kappa shape index (κ1) is 13.7. The molecule has 0 fully saturated rings. The molecule has 0 saturated carbocycles. The molecule has 0 saturated heterocycles. The van der Waals surface area contributed by atoms with Gasteiger partial charge in [0.1, 0.15) is 5.75 Å². The number of ether oxygens (including phenoxy) is 1. The topological polar surface area (TPSA) is 55.5 Å². The molecule has 1 atom stereocenters. The van der Waals surface area contributed by atoms with Crippen molar-refractivity contribution in [2.45, 2.75) is 38.1 Å². The van der Waals surface area contributed by atoms with Gasteiger partial charge in [0.15, 0.2) is 0 Å². The number of fused-ring (bicyclic) bond motifs is 1. The van der Waals surface area contributed by atoms with Crippen LogP contribution < -0.4 is 10.5 Å². The Morgan fingerprint density at radius 3 is 2.78 bits per heavy atom. The van der Waals surface area contributed by atoms with Gasteiger partial charge in [0.2, 0.25) is 0 Å². The highest BCUT2D eigenvalue weighted by Gasteiger charge is 2.23. The highest BCUT2D eigenvalue weighted by Crippen LogP contribution is 2.39. The third-order valence-corrected chi connectivity index (χ3v) is 3.90. The third-order valence-electron chi connectivity index (χ3n) is 3.62. The normalized spacial score (nSPS) is 16.9. The molecule has 0 aliphatic heterocycles. The summed E-state index contributed by atoms with van der Waals surface area (Å²) in [6.07, 6.45) is 5.59. The monoisotopic (exact) mass is 269 g/mol. The van der Waals surface area contributed by atoms with Gasteiger partial charge in [-0.3, -0.25) is 0 Å². The molecule has 100 valence electrons. The summed E-state index contributed by atoms with van der Waals surface area (Å²) >= 11 is 6.26. The van der Waals surface area contributed by atoms with E-state index in [0.29, 0.717) is 10.8 Å². The van der Waals surface area contributed by atoms with E-state index in [1.807, 2.05) is 6.07 Å². The van der Waals surface area contributed by atoms with Crippen molar-refractivity contribution in [1.82, 2.24) is 0 Å². The minimum atomic E-state index is -0.425. The van der Waals surface area contributed by atoms with Crippen molar-refractivity contribution in [3.05, 3.63) is 27.8 Å². The van der Waals surface area contributed by atoms with Crippen LogP contribution in [0.2, 0.25) is 5.02 Å². The third kappa shape index (κ3) is 2.48. The largest absolute Gasteiger partial charge is 0.495 e. The Labute approximate surface area is 113 Å². The summed E-state index contributed by atoms with van der Waals surface area (Å²) in [5.41, 5.74) is 9.41. The maximum atomic E-state index is 9.35. The Morgan fingerprint density at radius 1 is 1.39 bits per heavy atom. The average molecular weight is 270 g/mol. The molecule has 1 unspecified atom stereocenters. The van der Waals surface area contributed by atoms with Crippen molar-refractivity contribution in [3.63, 3.8) is 0 Å². The van der Waals surface area contributed by atoms with Crippen molar-refractivity contribution in [1.29, 1.82) is 0 Å². The summed E-state index contributed by atoms with van der Waals surface area (Å²) in [7, 11) is 1.60. The van der Waals surface area contributed by atoms with Crippen LogP contribution >= 0.6 is 11.6 Å². The molecule has 0 amide bonds. The molecule has 1 aromatic carbocycles. The molecule has 0 radical (unpaired) electrons. The van der Waals surface area contributed by atoms with Gasteiger partial charge < -0.3 is 15.6 Å². The highest BCUT2D eigenvalue weighted by molar-refractivity contribution is 6.32. The number of nitrogens with two attached hydrogens (primary N) is 1. The van der Waals surface area contributed by atoms with Crippen LogP contribution in [-0.4, -0.2) is 18.8 Å². The number of methoxy groups -OCH3 is 1. The molecule has 4 heteroatoms. The van der Waals surface area contributed by atoms with E-state index in [9.17, 15) is 5.11 Å². The van der Waals surface area contributed by atoms with Crippen LogP contribution in [0.5, 0.6) is 5.75 Å². The Kier molecular flexibility index (Phi) is 4.49. The number of hydrogen-bond donors (Lipinski definition) is 2. The molecule has 0 spiro atoms. The highest BCUT2D eigenvalue weighted by atomic mass is 35.5. The van der Waals surface area contributed by atoms with Crippen molar-refractivity contribution < 1.29 is 9.84 Å². The van der Waals surface area contributed by atoms with Crippen molar-refractivity contribution in [3.8, 4) is 5.75 Å². The van der Waals surface area contributed by atoms with E-state index in [1.165, 1.54) is 24.0 Å². The lowest BCUT2D eigenvalue weighted by Gasteiger charge is -2.21. The summed E-state index contributed by atoms with van der Waals surface area (Å²) < 4.78 is 5.38. The number of hydrogen-bond acceptors (Lipinski definition) is 3. The zero-order valence-electron chi connectivity index (χ0n) is 10.7. The van der Waals surface area contributed by atoms with Gasteiger partial charge in [-0.05, 0) is 42.9 Å². The SMILES string of the molecule is COc1c(Cl)cc2c(c1C(N)CO)CCCCC2. The fraction of sp³-hybridized carbons (Fsp3) is 0.571. The van der Waals surface area contributed by atoms with Gasteiger partial charge in [-0.2, -0.15) is 0 Å². The smallest absolute Gasteiger partial charge is 0.142 e. The second-order valence-electron chi connectivity index (χ2n) is 4.79. The van der Waals surface area contributed by atoms with E-state index in [4.69, 9.17) is 22.1 Å². The standard InChI is InChI=1S/C14H20ClNO2/c1-18-14-11(15)7-9-5-3-2-4-6-10(9)13(14)12(16)8-17/h7,12,17H,2-6,8,16H2,1H3. The molecule has 0 bridgehead atoms. The Morgan fingerprint density at radius 2 is 2.11 bits per heavy atom. The number of aliphatic hydroxyl groups excluding tert-OH is 1. The second-order valence-corrected chi connectivity index (χ2v) is 5.20. The Bertz CT molecular complexity index is 434. The van der Waals surface area contributed by atoms with Gasteiger partial charge in [-0.1, -0.05) is 18.0 Å². The maximum absolute atomic E-state index is 9.35. The minimum absolute atomic E-state index is 0.0941. The van der Waals surface area contributed by atoms with Gasteiger partial charge in [0, 0.05) is 5.56 Å². The molecule has 1 aliphatic rings. The van der Waals surface area contributed by atoms with Crippen LogP contribution in [-0.2, 0) is 12.8 Å². The fourth-order valence-corrected chi connectivity index (χ4v) is 3.06. The van der Waals surface area contributed by atoms with Gasteiger partial charge >= 0.3 is 0 Å². The number of aliphatic hydroxyl groups is 1. The van der Waals surface area contributed by atoms with Crippen LogP contribution in [0, 0.1) is 0 Å². The van der Waals surface area contributed by atoms with Crippen LogP contribution in [0.15, 0.2) is 6.07 Å². The number of benzene rings is 1. The summed E-state index contributed by atoms with van der Waals surface area (Å²) in [4.78, 5) is 0. The predicted octanol–water partition coefficient (Wildman–Crippen LogP) is 2.61. The zero-order chi connectivity index (χ0) is 13.1. The number of aryl methyl sites for hydroxylation is 1. The second kappa shape index (κ2) is 5.91. The van der Waals surface area contributed by atoms with Crippen molar-refractivity contribution in [2.75, 3.05) is 13.7 Å². The van der Waals surface area contributed by atoms with Crippen LogP contribution in [0.3, 0.4) is 0 Å². The average Bonchev–Trinajstić information content (AvgIpc) is 2.61. The first-order chi connectivity index (χ1) is 8.69. The quantitative estimate of drug-likeness (QED) is 0.830. The molecule has 2 rings (SSSR count). The molecule has 1 aliphatic carbocycles. The van der Waals surface area contributed by atoms with Gasteiger partial charge in [0.25, 0.3) is 0 Å². The molecule has 18 heavy (non-hydrogen) atoms. The Hall–Kier alpha value is -0.770. The Balaban J connectivity index is 2.60. The zero-order valence-corrected chi connectivity index (χ0v) is 11.5. The molecular weight excluding hydrogens is 250 g/mol. The number of halogens is 1. The van der Waals surface area contributed by atoms with E-state index in [1.54, 1.807) is 7.11 Å². The molecular formula is C14H20ClNO2. The van der Waals surface area contributed by atoms with Gasteiger partial charge in [-0.25, -0.2) is 0 Å². The lowest BCUT2D eigenvalue weighted by atomic mass is 9.92. The molecule has 1 aromatic rings. The van der Waals surface area contributed by atoms with Crippen LogP contribution in [0.25, 0.3) is 0 Å². The maximum Gasteiger partial charge on any atom is 0.142 e. The van der Waals surface area contributed by atoms with E-state index in [-0.39, 0.29) is 6.61 Å². The van der Waals surface area contributed by atoms with E-state index < -0.39 is 6.04 Å². The summed E-state index contributed by atoms with van der Waals surface area (Å²) in [6, 6.07) is 1.57. The lowest BCUT2D eigenvalue weighted by molar-refractivity contribution is 0.264. The van der Waals surface area contributed by atoms with Crippen molar-refractivity contribution >= 4 is 11.6 Å². The lowest BCUT2D eigenvalue weighted by Crippen LogP contribution is -2.19. The van der Waals surface area contributed by atoms with E-state index in [2.05, 4.69) is 0 Å². The van der Waals surface area contributed by atoms with Crippen LogP contribution in [0.4, 0.5) is 0 Å². The molecule has 3 N–H and O–H groups in total. The summed E-state index contributed by atoms with van der Waals surface area (Å²) in [5, 5.41) is 9.94. The van der Waals surface area contributed by atoms with Gasteiger partial charge in [0.05, 0.1) is 24.8 Å². The van der Waals surface area contributed by atoms with E-state index in [0.717, 1.165) is 24.8 Å². The summed E-state index contributed by atoms with van der Waals surface area (Å²) in [6.45, 7) is -0.0941. The minimum Gasteiger partial charge on any atom is -0.495 e. The first-order valence-electron chi connectivity index (χ1n) is 6.43. The molecule has 3 nitrogen and oxygen atoms in total. The molecule has 0 aromatic heterocycles. The fourth-order valence-electron chi connectivity index (χ4n) is 2.75. The van der Waals surface area contributed by atoms with Crippen LogP contribution in [0.1, 0.15) is 42.0 Å². The molecule has 0 heterocycles. The number of rotatable bonds is 3. The summed E-state index contributed by atoms with van der Waals surface area (Å²) in [5.74, 6) is 0.624. The van der Waals surface area contributed by atoms with Crippen molar-refractivity contribution in [2.24, 2.45) is 5.73 Å². The van der Waals surface area contributed by atoms with Gasteiger partial charge in [-0.15, -0.1) is 0 Å². The first-order valence-corrected chi connectivity index (χ1v) is 6.81. The predicted molar refractivity (Wildman–Crippen MR) is 73.3 cm³/mol. The van der Waals surface area contributed by atoms with E-state index >= 15 is 0 Å².